The summed E-state index contributed by atoms with van der Waals surface area (Å²) in [5.74, 6) is 0.789. The van der Waals surface area contributed by atoms with Crippen molar-refractivity contribution >= 4 is 11.6 Å². The molecule has 1 fully saturated rings. The van der Waals surface area contributed by atoms with E-state index in [1.807, 2.05) is 0 Å². The van der Waals surface area contributed by atoms with Crippen molar-refractivity contribution in [3.05, 3.63) is 0 Å². The smallest absolute Gasteiger partial charge is 0.0392 e. The van der Waals surface area contributed by atoms with Gasteiger partial charge in [-0.1, -0.05) is 0 Å². The SMILES string of the molecule is CC(C)(C)N1CC1CCl. The Bertz CT molecular complexity index is 106. The number of nitrogens with zero attached hydrogens (tertiary/aromatic N) is 1. The van der Waals surface area contributed by atoms with Gasteiger partial charge in [-0.25, -0.2) is 0 Å². The maximum Gasteiger partial charge on any atom is 0.0392 e. The van der Waals surface area contributed by atoms with Crippen LogP contribution in [-0.4, -0.2) is 28.9 Å². The summed E-state index contributed by atoms with van der Waals surface area (Å²) in [6, 6.07) is 0.659. The van der Waals surface area contributed by atoms with Gasteiger partial charge in [-0.15, -0.1) is 11.6 Å². The Kier molecular flexibility index (Phi) is 1.75. The summed E-state index contributed by atoms with van der Waals surface area (Å²) in [7, 11) is 0. The van der Waals surface area contributed by atoms with Crippen molar-refractivity contribution in [2.75, 3.05) is 12.4 Å². The molecule has 2 unspecified atom stereocenters. The Morgan fingerprint density at radius 2 is 2.11 bits per heavy atom. The Morgan fingerprint density at radius 3 is 2.22 bits per heavy atom. The average molecular weight is 148 g/mol. The minimum absolute atomic E-state index is 0.333. The molecule has 0 spiro atoms. The van der Waals surface area contributed by atoms with Gasteiger partial charge in [-0.05, 0) is 20.8 Å². The third-order valence-corrected chi connectivity index (χ3v) is 2.11. The monoisotopic (exact) mass is 147 g/mol. The molecule has 0 aliphatic carbocycles. The van der Waals surface area contributed by atoms with Crippen LogP contribution < -0.4 is 0 Å². The number of hydrogen-bond donors (Lipinski definition) is 0. The van der Waals surface area contributed by atoms with Crippen LogP contribution in [0.5, 0.6) is 0 Å². The zero-order chi connectivity index (χ0) is 7.07. The van der Waals surface area contributed by atoms with Gasteiger partial charge >= 0.3 is 0 Å². The van der Waals surface area contributed by atoms with Gasteiger partial charge in [-0.3, -0.25) is 4.90 Å². The van der Waals surface area contributed by atoms with Crippen LogP contribution in [0.2, 0.25) is 0 Å². The van der Waals surface area contributed by atoms with Gasteiger partial charge in [0, 0.05) is 24.0 Å². The molecular formula is C7H14ClN. The molecule has 0 radical (unpaired) electrons. The Hall–Kier alpha value is 0.250. The second-order valence-corrected chi connectivity index (χ2v) is 3.94. The van der Waals surface area contributed by atoms with E-state index in [0.29, 0.717) is 11.6 Å². The molecule has 2 atom stereocenters. The van der Waals surface area contributed by atoms with Crippen LogP contribution in [0.1, 0.15) is 20.8 Å². The minimum atomic E-state index is 0.333. The van der Waals surface area contributed by atoms with Crippen LogP contribution in [0.4, 0.5) is 0 Å². The molecule has 9 heavy (non-hydrogen) atoms. The van der Waals surface area contributed by atoms with E-state index >= 15 is 0 Å². The molecule has 1 heterocycles. The maximum absolute atomic E-state index is 5.66. The highest BCUT2D eigenvalue weighted by Crippen LogP contribution is 2.29. The Balaban J connectivity index is 2.33. The van der Waals surface area contributed by atoms with E-state index in [0.717, 1.165) is 5.88 Å². The van der Waals surface area contributed by atoms with Gasteiger partial charge in [0.1, 0.15) is 0 Å². The number of rotatable bonds is 1. The summed E-state index contributed by atoms with van der Waals surface area (Å²) in [6.45, 7) is 7.85. The molecule has 0 aromatic rings. The molecule has 0 N–H and O–H groups in total. The lowest BCUT2D eigenvalue weighted by Crippen LogP contribution is -2.27. The summed E-state index contributed by atoms with van der Waals surface area (Å²) < 4.78 is 0. The van der Waals surface area contributed by atoms with Crippen LogP contribution in [0.15, 0.2) is 0 Å². The predicted octanol–water partition coefficient (Wildman–Crippen LogP) is 1.71. The van der Waals surface area contributed by atoms with Crippen molar-refractivity contribution in [1.29, 1.82) is 0 Å². The zero-order valence-electron chi connectivity index (χ0n) is 6.32. The van der Waals surface area contributed by atoms with Crippen LogP contribution in [0, 0.1) is 0 Å². The van der Waals surface area contributed by atoms with Crippen molar-refractivity contribution in [3.63, 3.8) is 0 Å². The Labute approximate surface area is 62.0 Å². The van der Waals surface area contributed by atoms with Crippen molar-refractivity contribution in [2.45, 2.75) is 32.4 Å². The largest absolute Gasteiger partial charge is 0.291 e. The summed E-state index contributed by atoms with van der Waals surface area (Å²) in [6.07, 6.45) is 0. The number of alkyl halides is 1. The van der Waals surface area contributed by atoms with Gasteiger partial charge in [-0.2, -0.15) is 0 Å². The molecule has 1 saturated heterocycles. The number of hydrogen-bond acceptors (Lipinski definition) is 1. The quantitative estimate of drug-likeness (QED) is 0.403. The second-order valence-electron chi connectivity index (χ2n) is 3.63. The molecule has 1 aliphatic rings. The highest BCUT2D eigenvalue weighted by atomic mass is 35.5. The lowest BCUT2D eigenvalue weighted by atomic mass is 10.1. The van der Waals surface area contributed by atoms with Crippen molar-refractivity contribution < 1.29 is 0 Å². The fraction of sp³-hybridized carbons (Fsp3) is 1.00. The predicted molar refractivity (Wildman–Crippen MR) is 41.0 cm³/mol. The van der Waals surface area contributed by atoms with Crippen LogP contribution in [0.25, 0.3) is 0 Å². The van der Waals surface area contributed by atoms with E-state index < -0.39 is 0 Å². The van der Waals surface area contributed by atoms with Gasteiger partial charge in [0.15, 0.2) is 0 Å². The van der Waals surface area contributed by atoms with E-state index in [2.05, 4.69) is 25.7 Å². The topological polar surface area (TPSA) is 3.01 Å². The van der Waals surface area contributed by atoms with Crippen molar-refractivity contribution in [3.8, 4) is 0 Å². The van der Waals surface area contributed by atoms with Crippen LogP contribution in [0.3, 0.4) is 0 Å². The molecular weight excluding hydrogens is 134 g/mol. The molecule has 1 rings (SSSR count). The molecule has 2 heteroatoms. The summed E-state index contributed by atoms with van der Waals surface area (Å²) in [5.41, 5.74) is 0.333. The first-order valence-electron chi connectivity index (χ1n) is 3.38. The van der Waals surface area contributed by atoms with Crippen LogP contribution >= 0.6 is 11.6 Å². The molecule has 1 nitrogen and oxygen atoms in total. The first-order valence-corrected chi connectivity index (χ1v) is 3.92. The maximum atomic E-state index is 5.66. The first-order chi connectivity index (χ1) is 4.05. The van der Waals surface area contributed by atoms with E-state index in [4.69, 9.17) is 11.6 Å². The fourth-order valence-electron chi connectivity index (χ4n) is 1.13. The molecule has 1 aliphatic heterocycles. The highest BCUT2D eigenvalue weighted by molar-refractivity contribution is 6.18. The lowest BCUT2D eigenvalue weighted by molar-refractivity contribution is 0.292. The normalized spacial score (nSPS) is 34.7. The third-order valence-electron chi connectivity index (χ3n) is 1.75. The van der Waals surface area contributed by atoms with E-state index in [1.54, 1.807) is 0 Å². The van der Waals surface area contributed by atoms with E-state index in [9.17, 15) is 0 Å². The molecule has 54 valence electrons. The zero-order valence-corrected chi connectivity index (χ0v) is 7.07. The average Bonchev–Trinajstić information content (AvgIpc) is 2.39. The molecule has 0 aromatic heterocycles. The molecule has 0 bridgehead atoms. The third kappa shape index (κ3) is 1.59. The van der Waals surface area contributed by atoms with Crippen LogP contribution in [-0.2, 0) is 0 Å². The van der Waals surface area contributed by atoms with Gasteiger partial charge in [0.05, 0.1) is 0 Å². The van der Waals surface area contributed by atoms with Gasteiger partial charge in [0.2, 0.25) is 0 Å². The lowest BCUT2D eigenvalue weighted by Gasteiger charge is -2.20. The molecule has 0 aromatic carbocycles. The van der Waals surface area contributed by atoms with E-state index in [1.165, 1.54) is 6.54 Å². The van der Waals surface area contributed by atoms with Crippen molar-refractivity contribution in [1.82, 2.24) is 4.90 Å². The summed E-state index contributed by atoms with van der Waals surface area (Å²) in [4.78, 5) is 2.40. The number of halogens is 1. The van der Waals surface area contributed by atoms with Gasteiger partial charge in [0.25, 0.3) is 0 Å². The highest BCUT2D eigenvalue weighted by Gasteiger charge is 2.40. The summed E-state index contributed by atoms with van der Waals surface area (Å²) >= 11 is 5.66. The van der Waals surface area contributed by atoms with Crippen molar-refractivity contribution in [2.24, 2.45) is 0 Å². The first kappa shape index (κ1) is 7.36. The molecule has 0 amide bonds. The van der Waals surface area contributed by atoms with Gasteiger partial charge < -0.3 is 0 Å². The summed E-state index contributed by atoms with van der Waals surface area (Å²) in [5, 5.41) is 0. The molecule has 0 saturated carbocycles. The van der Waals surface area contributed by atoms with E-state index in [-0.39, 0.29) is 0 Å². The Morgan fingerprint density at radius 1 is 1.56 bits per heavy atom. The standard InChI is InChI=1S/C7H14ClN/c1-7(2,3)9-5-6(9)4-8/h6H,4-5H2,1-3H3. The minimum Gasteiger partial charge on any atom is -0.291 e. The fourth-order valence-corrected chi connectivity index (χ4v) is 1.40. The second kappa shape index (κ2) is 2.14.